The van der Waals surface area contributed by atoms with Crippen molar-refractivity contribution in [3.05, 3.63) is 81.5 Å². The van der Waals surface area contributed by atoms with Gasteiger partial charge in [-0.15, -0.1) is 10.1 Å². The van der Waals surface area contributed by atoms with Crippen LogP contribution in [0.5, 0.6) is 5.75 Å². The fraction of sp³-hybridized carbons (Fsp3) is 0.370. The Hall–Kier alpha value is -4.21. The summed E-state index contributed by atoms with van der Waals surface area (Å²) in [5.74, 6) is -0.598. The van der Waals surface area contributed by atoms with Gasteiger partial charge in [-0.05, 0) is 49.6 Å². The minimum Gasteiger partial charge on any atom is -0.487 e. The lowest BCUT2D eigenvalue weighted by Gasteiger charge is -2.29. The van der Waals surface area contributed by atoms with E-state index in [2.05, 4.69) is 15.0 Å². The summed E-state index contributed by atoms with van der Waals surface area (Å²) in [5.41, 5.74) is 2.61. The number of carboxylic acids is 1. The van der Waals surface area contributed by atoms with Crippen LogP contribution >= 0.6 is 0 Å². The molecule has 1 N–H and O–H groups in total. The van der Waals surface area contributed by atoms with Crippen LogP contribution in [0, 0.1) is 16.0 Å². The molecule has 0 spiro atoms. The number of oxime groups is 1. The maximum atomic E-state index is 11.2. The predicted molar refractivity (Wildman–Crippen MR) is 135 cm³/mol. The molecule has 1 unspecified atom stereocenters. The SMILES string of the molecule is C/C(=N/OC(c1ccc(OCc2ccc3ccccc3n2)c(CO[N+](=O)[O-])c1)C1CCCCC1)C(=O)O. The summed E-state index contributed by atoms with van der Waals surface area (Å²) in [5, 5.41) is 24.1. The summed E-state index contributed by atoms with van der Waals surface area (Å²) in [4.78, 5) is 37.2. The van der Waals surface area contributed by atoms with Crippen LogP contribution in [0.1, 0.15) is 62.0 Å². The number of carboxylic acid groups (broad SMARTS) is 1. The molecule has 1 fully saturated rings. The molecule has 10 nitrogen and oxygen atoms in total. The van der Waals surface area contributed by atoms with Crippen LogP contribution in [0.15, 0.2) is 59.8 Å². The molecule has 0 aliphatic heterocycles. The summed E-state index contributed by atoms with van der Waals surface area (Å²) in [7, 11) is 0. The van der Waals surface area contributed by atoms with Gasteiger partial charge in [-0.1, -0.05) is 54.8 Å². The van der Waals surface area contributed by atoms with Gasteiger partial charge in [0.05, 0.1) is 11.2 Å². The molecule has 1 aliphatic carbocycles. The Morgan fingerprint density at radius 1 is 1.14 bits per heavy atom. The second-order valence-electron chi connectivity index (χ2n) is 9.05. The van der Waals surface area contributed by atoms with Gasteiger partial charge in [0.1, 0.15) is 19.0 Å². The molecule has 4 rings (SSSR count). The topological polar surface area (TPSA) is 133 Å². The number of rotatable bonds is 11. The summed E-state index contributed by atoms with van der Waals surface area (Å²) >= 11 is 0. The van der Waals surface area contributed by atoms with Crippen LogP contribution in [-0.2, 0) is 27.7 Å². The number of ether oxygens (including phenoxy) is 1. The van der Waals surface area contributed by atoms with Crippen molar-refractivity contribution in [2.75, 3.05) is 0 Å². The molecule has 0 bridgehead atoms. The molecule has 0 saturated heterocycles. The van der Waals surface area contributed by atoms with Crippen LogP contribution in [0.3, 0.4) is 0 Å². The number of carbonyl (C=O) groups is 1. The van der Waals surface area contributed by atoms with Gasteiger partial charge in [0.2, 0.25) is 0 Å². The Morgan fingerprint density at radius 2 is 1.92 bits per heavy atom. The molecule has 1 aromatic heterocycles. The maximum Gasteiger partial charge on any atom is 0.353 e. The Kier molecular flexibility index (Phi) is 8.50. The van der Waals surface area contributed by atoms with Gasteiger partial charge in [-0.25, -0.2) is 9.78 Å². The number of benzene rings is 2. The van der Waals surface area contributed by atoms with E-state index in [9.17, 15) is 20.0 Å². The van der Waals surface area contributed by atoms with Crippen molar-refractivity contribution in [1.82, 2.24) is 4.98 Å². The van der Waals surface area contributed by atoms with E-state index in [-0.39, 0.29) is 24.8 Å². The number of nitrogens with zero attached hydrogens (tertiary/aromatic N) is 3. The van der Waals surface area contributed by atoms with Gasteiger partial charge in [0.15, 0.2) is 11.8 Å². The van der Waals surface area contributed by atoms with E-state index < -0.39 is 17.2 Å². The summed E-state index contributed by atoms with van der Waals surface area (Å²) in [6.07, 6.45) is 4.56. The lowest BCUT2D eigenvalue weighted by Crippen LogP contribution is -2.19. The summed E-state index contributed by atoms with van der Waals surface area (Å²) < 4.78 is 6.00. The molecular weight excluding hydrogens is 478 g/mol. The molecule has 3 aromatic rings. The van der Waals surface area contributed by atoms with Gasteiger partial charge in [0, 0.05) is 16.9 Å². The minimum atomic E-state index is -1.16. The monoisotopic (exact) mass is 507 g/mol. The Bertz CT molecular complexity index is 1290. The molecule has 0 radical (unpaired) electrons. The van der Waals surface area contributed by atoms with Gasteiger partial charge in [-0.3, -0.25) is 0 Å². The second-order valence-corrected chi connectivity index (χ2v) is 9.05. The number of aliphatic carboxylic acids is 1. The lowest BCUT2D eigenvalue weighted by molar-refractivity contribution is -0.763. The van der Waals surface area contributed by atoms with Crippen LogP contribution < -0.4 is 4.74 Å². The van der Waals surface area contributed by atoms with Crippen molar-refractivity contribution < 1.29 is 29.4 Å². The largest absolute Gasteiger partial charge is 0.487 e. The summed E-state index contributed by atoms with van der Waals surface area (Å²) in [6, 6.07) is 16.9. The fourth-order valence-electron chi connectivity index (χ4n) is 4.52. The molecule has 37 heavy (non-hydrogen) atoms. The maximum absolute atomic E-state index is 11.2. The van der Waals surface area contributed by atoms with Crippen molar-refractivity contribution in [2.45, 2.75) is 58.3 Å². The molecule has 1 aliphatic rings. The van der Waals surface area contributed by atoms with E-state index in [4.69, 9.17) is 9.57 Å². The lowest BCUT2D eigenvalue weighted by atomic mass is 9.82. The first-order valence-corrected chi connectivity index (χ1v) is 12.2. The standard InChI is InChI=1S/C27H29N3O7/c1-18(27(31)32)29-37-26(20-8-3-2-4-9-20)21-12-14-25(22(15-21)16-36-30(33)34)35-17-23-13-11-19-7-5-6-10-24(19)28-23/h5-7,10-15,20,26H,2-4,8-9,16-17H2,1H3,(H,31,32)/b29-18-. The van der Waals surface area contributed by atoms with Crippen LogP contribution in [0.4, 0.5) is 0 Å². The van der Waals surface area contributed by atoms with Crippen molar-refractivity contribution in [3.63, 3.8) is 0 Å². The van der Waals surface area contributed by atoms with Crippen LogP contribution in [0.2, 0.25) is 0 Å². The van der Waals surface area contributed by atoms with E-state index in [1.54, 1.807) is 12.1 Å². The highest BCUT2D eigenvalue weighted by Gasteiger charge is 2.28. The molecule has 1 saturated carbocycles. The quantitative estimate of drug-likeness (QED) is 0.201. The molecule has 1 heterocycles. The van der Waals surface area contributed by atoms with Gasteiger partial charge in [-0.2, -0.15) is 0 Å². The number of hydrogen-bond donors (Lipinski definition) is 1. The number of para-hydroxylation sites is 1. The normalized spacial score (nSPS) is 15.2. The van der Waals surface area contributed by atoms with Crippen molar-refractivity contribution in [1.29, 1.82) is 0 Å². The molecule has 10 heteroatoms. The number of fused-ring (bicyclic) bond motifs is 1. The smallest absolute Gasteiger partial charge is 0.353 e. The van der Waals surface area contributed by atoms with Crippen molar-refractivity contribution in [2.24, 2.45) is 11.1 Å². The van der Waals surface area contributed by atoms with Crippen LogP contribution in [-0.4, -0.2) is 26.9 Å². The first kappa shape index (κ1) is 25.9. The van der Waals surface area contributed by atoms with Crippen LogP contribution in [0.25, 0.3) is 10.9 Å². The number of aromatic nitrogens is 1. The second kappa shape index (κ2) is 12.2. The van der Waals surface area contributed by atoms with E-state index in [1.165, 1.54) is 6.92 Å². The van der Waals surface area contributed by atoms with E-state index in [0.717, 1.165) is 48.6 Å². The third-order valence-corrected chi connectivity index (χ3v) is 6.46. The third kappa shape index (κ3) is 6.93. The van der Waals surface area contributed by atoms with Gasteiger partial charge >= 0.3 is 5.97 Å². The third-order valence-electron chi connectivity index (χ3n) is 6.46. The Labute approximate surface area is 214 Å². The highest BCUT2D eigenvalue weighted by molar-refractivity contribution is 6.34. The molecule has 2 aromatic carbocycles. The summed E-state index contributed by atoms with van der Waals surface area (Å²) in [6.45, 7) is 1.23. The zero-order valence-corrected chi connectivity index (χ0v) is 20.5. The molecule has 1 atom stereocenters. The average molecular weight is 508 g/mol. The average Bonchev–Trinajstić information content (AvgIpc) is 2.91. The zero-order valence-electron chi connectivity index (χ0n) is 20.5. The first-order chi connectivity index (χ1) is 17.9. The highest BCUT2D eigenvalue weighted by atomic mass is 16.9. The number of hydrogen-bond acceptors (Lipinski definition) is 8. The Morgan fingerprint density at radius 3 is 2.68 bits per heavy atom. The first-order valence-electron chi connectivity index (χ1n) is 12.2. The van der Waals surface area contributed by atoms with E-state index in [1.807, 2.05) is 42.5 Å². The van der Waals surface area contributed by atoms with Crippen molar-refractivity contribution in [3.8, 4) is 5.75 Å². The minimum absolute atomic E-state index is 0.136. The van der Waals surface area contributed by atoms with E-state index in [0.29, 0.717) is 17.0 Å². The van der Waals surface area contributed by atoms with Crippen molar-refractivity contribution >= 4 is 22.6 Å². The Balaban J connectivity index is 1.59. The van der Waals surface area contributed by atoms with Gasteiger partial charge in [0.25, 0.3) is 5.09 Å². The molecule has 0 amide bonds. The van der Waals surface area contributed by atoms with E-state index >= 15 is 0 Å². The fourth-order valence-corrected chi connectivity index (χ4v) is 4.52. The zero-order chi connectivity index (χ0) is 26.2. The predicted octanol–water partition coefficient (Wildman–Crippen LogP) is 5.62. The highest BCUT2D eigenvalue weighted by Crippen LogP contribution is 2.38. The molecular formula is C27H29N3O7. The van der Waals surface area contributed by atoms with Gasteiger partial charge < -0.3 is 19.5 Å². The number of pyridine rings is 1. The molecule has 194 valence electrons.